The number of carbonyl (C=O) groups is 1. The molecule has 0 atom stereocenters. The molecule has 7 nitrogen and oxygen atoms in total. The standard InChI is InChI=1S/C12H18N2O5S/c1-8-11(7-10(19-8)12(15)16)20(17,18)13-9-3-5-14(2)6-4-9/h7,9,13H,3-6H2,1-2H3,(H,15,16). The Morgan fingerprint density at radius 2 is 2.05 bits per heavy atom. The van der Waals surface area contributed by atoms with E-state index in [1.807, 2.05) is 7.05 Å². The first kappa shape index (κ1) is 15.0. The van der Waals surface area contributed by atoms with Crippen LogP contribution in [0.25, 0.3) is 0 Å². The van der Waals surface area contributed by atoms with Crippen molar-refractivity contribution in [2.45, 2.75) is 30.7 Å². The molecule has 0 amide bonds. The number of rotatable bonds is 4. The van der Waals surface area contributed by atoms with Gasteiger partial charge in [-0.2, -0.15) is 0 Å². The van der Waals surface area contributed by atoms with Crippen LogP contribution < -0.4 is 4.72 Å². The Kier molecular flexibility index (Phi) is 4.17. The Labute approximate surface area is 117 Å². The molecular weight excluding hydrogens is 284 g/mol. The summed E-state index contributed by atoms with van der Waals surface area (Å²) in [6.07, 6.45) is 1.47. The minimum atomic E-state index is -3.75. The van der Waals surface area contributed by atoms with E-state index in [9.17, 15) is 13.2 Å². The quantitative estimate of drug-likeness (QED) is 0.847. The zero-order chi connectivity index (χ0) is 14.9. The highest BCUT2D eigenvalue weighted by Gasteiger charge is 2.27. The highest BCUT2D eigenvalue weighted by Crippen LogP contribution is 2.21. The smallest absolute Gasteiger partial charge is 0.371 e. The Hall–Kier alpha value is -1.38. The van der Waals surface area contributed by atoms with Crippen LogP contribution in [0.15, 0.2) is 15.4 Å². The molecule has 1 aliphatic heterocycles. The largest absolute Gasteiger partial charge is 0.475 e. The van der Waals surface area contributed by atoms with Crippen LogP contribution >= 0.6 is 0 Å². The van der Waals surface area contributed by atoms with Crippen molar-refractivity contribution < 1.29 is 22.7 Å². The van der Waals surface area contributed by atoms with Gasteiger partial charge in [0.05, 0.1) is 0 Å². The Morgan fingerprint density at radius 1 is 1.45 bits per heavy atom. The van der Waals surface area contributed by atoms with Crippen molar-refractivity contribution >= 4 is 16.0 Å². The molecule has 2 N–H and O–H groups in total. The first-order valence-corrected chi connectivity index (χ1v) is 7.82. The number of carboxylic acids is 1. The van der Waals surface area contributed by atoms with E-state index in [0.717, 1.165) is 32.0 Å². The van der Waals surface area contributed by atoms with Gasteiger partial charge in [-0.3, -0.25) is 0 Å². The van der Waals surface area contributed by atoms with Gasteiger partial charge in [0.25, 0.3) is 0 Å². The minimum Gasteiger partial charge on any atom is -0.475 e. The molecule has 0 saturated carbocycles. The molecule has 2 heterocycles. The van der Waals surface area contributed by atoms with Crippen LogP contribution in [0.1, 0.15) is 29.2 Å². The van der Waals surface area contributed by atoms with Crippen LogP contribution in [0.5, 0.6) is 0 Å². The summed E-state index contributed by atoms with van der Waals surface area (Å²) in [6.45, 7) is 3.10. The highest BCUT2D eigenvalue weighted by molar-refractivity contribution is 7.89. The molecule has 1 fully saturated rings. The first-order valence-electron chi connectivity index (χ1n) is 6.34. The fourth-order valence-corrected chi connectivity index (χ4v) is 3.73. The van der Waals surface area contributed by atoms with Gasteiger partial charge in [-0.25, -0.2) is 17.9 Å². The van der Waals surface area contributed by atoms with E-state index in [-0.39, 0.29) is 22.5 Å². The number of piperidine rings is 1. The summed E-state index contributed by atoms with van der Waals surface area (Å²) < 4.78 is 32.1. The lowest BCUT2D eigenvalue weighted by molar-refractivity contribution is 0.0661. The summed E-state index contributed by atoms with van der Waals surface area (Å²) in [5.41, 5.74) is 0. The molecule has 0 unspecified atom stereocenters. The van der Waals surface area contributed by atoms with E-state index in [0.29, 0.717) is 0 Å². The maximum Gasteiger partial charge on any atom is 0.371 e. The van der Waals surface area contributed by atoms with Gasteiger partial charge in [0.2, 0.25) is 15.8 Å². The van der Waals surface area contributed by atoms with Crippen molar-refractivity contribution in [1.82, 2.24) is 9.62 Å². The van der Waals surface area contributed by atoms with Crippen LogP contribution in [0, 0.1) is 6.92 Å². The third-order valence-electron chi connectivity index (χ3n) is 3.41. The molecule has 0 bridgehead atoms. The summed E-state index contributed by atoms with van der Waals surface area (Å²) in [4.78, 5) is 12.8. The summed E-state index contributed by atoms with van der Waals surface area (Å²) >= 11 is 0. The minimum absolute atomic E-state index is 0.0860. The van der Waals surface area contributed by atoms with E-state index >= 15 is 0 Å². The van der Waals surface area contributed by atoms with Gasteiger partial charge in [0.1, 0.15) is 10.7 Å². The maximum atomic E-state index is 12.3. The number of furan rings is 1. The fraction of sp³-hybridized carbons (Fsp3) is 0.583. The predicted octanol–water partition coefficient (Wildman–Crippen LogP) is 0.659. The lowest BCUT2D eigenvalue weighted by Gasteiger charge is -2.29. The molecule has 1 saturated heterocycles. The highest BCUT2D eigenvalue weighted by atomic mass is 32.2. The van der Waals surface area contributed by atoms with Crippen LogP contribution in [-0.4, -0.2) is 50.6 Å². The molecular formula is C12H18N2O5S. The third kappa shape index (κ3) is 3.20. The molecule has 1 aliphatic rings. The van der Waals surface area contributed by atoms with Gasteiger partial charge >= 0.3 is 5.97 Å². The molecule has 8 heteroatoms. The number of hydrogen-bond acceptors (Lipinski definition) is 5. The van der Waals surface area contributed by atoms with Crippen LogP contribution in [0.4, 0.5) is 0 Å². The van der Waals surface area contributed by atoms with Crippen LogP contribution in [-0.2, 0) is 10.0 Å². The average Bonchev–Trinajstić information content (AvgIpc) is 2.75. The number of hydrogen-bond donors (Lipinski definition) is 2. The zero-order valence-electron chi connectivity index (χ0n) is 11.4. The number of nitrogens with zero attached hydrogens (tertiary/aromatic N) is 1. The molecule has 0 radical (unpaired) electrons. The molecule has 112 valence electrons. The number of aryl methyl sites for hydroxylation is 1. The van der Waals surface area contributed by atoms with E-state index in [1.54, 1.807) is 0 Å². The van der Waals surface area contributed by atoms with Crippen molar-refractivity contribution in [1.29, 1.82) is 0 Å². The van der Waals surface area contributed by atoms with Gasteiger partial charge in [0, 0.05) is 12.1 Å². The molecule has 0 aromatic carbocycles. The van der Waals surface area contributed by atoms with Gasteiger partial charge in [-0.15, -0.1) is 0 Å². The average molecular weight is 302 g/mol. The fourth-order valence-electron chi connectivity index (χ4n) is 2.25. The van der Waals surface area contributed by atoms with Crippen molar-refractivity contribution in [3.8, 4) is 0 Å². The Balaban J connectivity index is 2.16. The van der Waals surface area contributed by atoms with Crippen molar-refractivity contribution in [3.63, 3.8) is 0 Å². The molecule has 0 aliphatic carbocycles. The zero-order valence-corrected chi connectivity index (χ0v) is 12.2. The topological polar surface area (TPSA) is 99.8 Å². The van der Waals surface area contributed by atoms with Gasteiger partial charge in [0.15, 0.2) is 0 Å². The van der Waals surface area contributed by atoms with Gasteiger partial charge in [-0.05, 0) is 39.9 Å². The lowest BCUT2D eigenvalue weighted by atomic mass is 10.1. The Morgan fingerprint density at radius 3 is 2.55 bits per heavy atom. The first-order chi connectivity index (χ1) is 9.29. The summed E-state index contributed by atoms with van der Waals surface area (Å²) in [6, 6.07) is 0.924. The van der Waals surface area contributed by atoms with E-state index in [4.69, 9.17) is 9.52 Å². The summed E-state index contributed by atoms with van der Waals surface area (Å²) in [5.74, 6) is -1.57. The van der Waals surface area contributed by atoms with Crippen molar-refractivity contribution in [3.05, 3.63) is 17.6 Å². The number of likely N-dealkylation sites (tertiary alicyclic amines) is 1. The Bertz CT molecular complexity index is 599. The third-order valence-corrected chi connectivity index (χ3v) is 5.04. The molecule has 1 aromatic rings. The molecule has 1 aromatic heterocycles. The normalized spacial score (nSPS) is 18.3. The lowest BCUT2D eigenvalue weighted by Crippen LogP contribution is -2.43. The second kappa shape index (κ2) is 5.55. The summed E-state index contributed by atoms with van der Waals surface area (Å²) in [5, 5.41) is 8.82. The van der Waals surface area contributed by atoms with E-state index in [2.05, 4.69) is 9.62 Å². The monoisotopic (exact) mass is 302 g/mol. The second-order valence-electron chi connectivity index (χ2n) is 5.04. The number of sulfonamides is 1. The van der Waals surface area contributed by atoms with Crippen molar-refractivity contribution in [2.24, 2.45) is 0 Å². The van der Waals surface area contributed by atoms with E-state index < -0.39 is 16.0 Å². The SMILES string of the molecule is Cc1oc(C(=O)O)cc1S(=O)(=O)NC1CCN(C)CC1. The maximum absolute atomic E-state index is 12.3. The van der Waals surface area contributed by atoms with Crippen molar-refractivity contribution in [2.75, 3.05) is 20.1 Å². The van der Waals surface area contributed by atoms with Crippen LogP contribution in [0.2, 0.25) is 0 Å². The van der Waals surface area contributed by atoms with Crippen LogP contribution in [0.3, 0.4) is 0 Å². The van der Waals surface area contributed by atoms with Gasteiger partial charge in [-0.1, -0.05) is 0 Å². The number of nitrogens with one attached hydrogen (secondary N) is 1. The van der Waals surface area contributed by atoms with E-state index in [1.165, 1.54) is 6.92 Å². The second-order valence-corrected chi connectivity index (χ2v) is 6.72. The number of aromatic carboxylic acids is 1. The summed E-state index contributed by atoms with van der Waals surface area (Å²) in [7, 11) is -1.76. The van der Waals surface area contributed by atoms with Gasteiger partial charge < -0.3 is 14.4 Å². The predicted molar refractivity (Wildman–Crippen MR) is 71.2 cm³/mol. The molecule has 2 rings (SSSR count). The number of carboxylic acid groups (broad SMARTS) is 1. The molecule has 20 heavy (non-hydrogen) atoms. The molecule has 0 spiro atoms.